The largest absolute Gasteiger partial charge is 0.396 e. The zero-order valence-electron chi connectivity index (χ0n) is 10.7. The SMILES string of the molecule is OCCCC1CC(NCC(F)F)CN(CCO)C1. The van der Waals surface area contributed by atoms with Crippen molar-refractivity contribution >= 4 is 0 Å². The maximum Gasteiger partial charge on any atom is 0.250 e. The van der Waals surface area contributed by atoms with Gasteiger partial charge in [-0.3, -0.25) is 4.90 Å². The topological polar surface area (TPSA) is 55.7 Å². The summed E-state index contributed by atoms with van der Waals surface area (Å²) in [5, 5.41) is 20.7. The third-order valence-corrected chi connectivity index (χ3v) is 3.36. The molecule has 0 aromatic rings. The Bertz CT molecular complexity index is 220. The zero-order valence-corrected chi connectivity index (χ0v) is 10.7. The van der Waals surface area contributed by atoms with E-state index < -0.39 is 6.43 Å². The second-order valence-electron chi connectivity index (χ2n) is 4.95. The molecule has 1 heterocycles. The molecule has 108 valence electrons. The molecule has 18 heavy (non-hydrogen) atoms. The van der Waals surface area contributed by atoms with Crippen molar-refractivity contribution < 1.29 is 19.0 Å². The van der Waals surface area contributed by atoms with E-state index in [4.69, 9.17) is 10.2 Å². The van der Waals surface area contributed by atoms with Gasteiger partial charge in [0.15, 0.2) is 0 Å². The Morgan fingerprint density at radius 3 is 2.61 bits per heavy atom. The lowest BCUT2D eigenvalue weighted by atomic mass is 9.90. The average molecular weight is 266 g/mol. The van der Waals surface area contributed by atoms with Crippen molar-refractivity contribution in [2.24, 2.45) is 5.92 Å². The fraction of sp³-hybridized carbons (Fsp3) is 1.00. The van der Waals surface area contributed by atoms with E-state index in [1.54, 1.807) is 0 Å². The Labute approximate surface area is 107 Å². The first-order chi connectivity index (χ1) is 8.65. The third-order valence-electron chi connectivity index (χ3n) is 3.36. The molecule has 0 amide bonds. The summed E-state index contributed by atoms with van der Waals surface area (Å²) in [6, 6.07) is 0.0583. The van der Waals surface area contributed by atoms with Crippen LogP contribution in [0, 0.1) is 5.92 Å². The standard InChI is InChI=1S/C12H24F2N2O2/c13-12(14)7-15-11-6-10(2-1-4-17)8-16(9-11)3-5-18/h10-12,15,17-18H,1-9H2. The van der Waals surface area contributed by atoms with Crippen LogP contribution >= 0.6 is 0 Å². The van der Waals surface area contributed by atoms with Crippen molar-refractivity contribution in [3.8, 4) is 0 Å². The first kappa shape index (κ1) is 15.8. The first-order valence-electron chi connectivity index (χ1n) is 6.61. The van der Waals surface area contributed by atoms with E-state index in [1.807, 2.05) is 0 Å². The summed E-state index contributed by atoms with van der Waals surface area (Å²) in [5.74, 6) is 0.410. The molecule has 0 aliphatic carbocycles. The second-order valence-corrected chi connectivity index (χ2v) is 4.95. The van der Waals surface area contributed by atoms with Crippen LogP contribution in [0.4, 0.5) is 8.78 Å². The Balaban J connectivity index is 2.40. The number of aliphatic hydroxyl groups is 2. The number of rotatable bonds is 8. The fourth-order valence-electron chi connectivity index (χ4n) is 2.62. The number of aliphatic hydroxyl groups excluding tert-OH is 2. The molecule has 0 saturated carbocycles. The van der Waals surface area contributed by atoms with Crippen molar-refractivity contribution in [2.45, 2.75) is 31.7 Å². The number of hydrogen-bond acceptors (Lipinski definition) is 4. The van der Waals surface area contributed by atoms with Crippen LogP contribution in [-0.2, 0) is 0 Å². The Kier molecular flexibility index (Phi) is 7.65. The molecule has 0 aromatic heterocycles. The molecule has 0 radical (unpaired) electrons. The summed E-state index contributed by atoms with van der Waals surface area (Å²) in [6.45, 7) is 2.17. The first-order valence-corrected chi connectivity index (χ1v) is 6.61. The molecule has 2 unspecified atom stereocenters. The van der Waals surface area contributed by atoms with Gasteiger partial charge in [0, 0.05) is 32.3 Å². The third kappa shape index (κ3) is 6.04. The van der Waals surface area contributed by atoms with Crippen LogP contribution in [-0.4, -0.2) is 67.0 Å². The number of likely N-dealkylation sites (tertiary alicyclic amines) is 1. The van der Waals surface area contributed by atoms with E-state index in [1.165, 1.54) is 0 Å². The van der Waals surface area contributed by atoms with Crippen LogP contribution in [0.15, 0.2) is 0 Å². The lowest BCUT2D eigenvalue weighted by Gasteiger charge is -2.38. The number of halogens is 2. The van der Waals surface area contributed by atoms with Crippen LogP contribution in [0.3, 0.4) is 0 Å². The highest BCUT2D eigenvalue weighted by atomic mass is 19.3. The summed E-state index contributed by atoms with van der Waals surface area (Å²) < 4.78 is 24.4. The number of hydrogen-bond donors (Lipinski definition) is 3. The van der Waals surface area contributed by atoms with Gasteiger partial charge in [-0.1, -0.05) is 0 Å². The fourth-order valence-corrected chi connectivity index (χ4v) is 2.62. The molecule has 2 atom stereocenters. The number of piperidine rings is 1. The van der Waals surface area contributed by atoms with E-state index in [0.717, 1.165) is 25.8 Å². The molecular weight excluding hydrogens is 242 g/mol. The second kappa shape index (κ2) is 8.74. The zero-order chi connectivity index (χ0) is 13.4. The van der Waals surface area contributed by atoms with Gasteiger partial charge in [-0.15, -0.1) is 0 Å². The van der Waals surface area contributed by atoms with Gasteiger partial charge in [-0.05, 0) is 25.2 Å². The maximum atomic E-state index is 12.2. The molecule has 4 nitrogen and oxygen atoms in total. The van der Waals surface area contributed by atoms with Crippen LogP contribution in [0.2, 0.25) is 0 Å². The molecule has 1 aliphatic heterocycles. The normalized spacial score (nSPS) is 25.8. The Hall–Kier alpha value is -0.300. The molecule has 6 heteroatoms. The van der Waals surface area contributed by atoms with Crippen LogP contribution in [0.1, 0.15) is 19.3 Å². The molecule has 3 N–H and O–H groups in total. The lowest BCUT2D eigenvalue weighted by Crippen LogP contribution is -2.50. The maximum absolute atomic E-state index is 12.2. The molecule has 0 spiro atoms. The van der Waals surface area contributed by atoms with E-state index in [2.05, 4.69) is 10.2 Å². The summed E-state index contributed by atoms with van der Waals surface area (Å²) in [6.07, 6.45) is 0.202. The van der Waals surface area contributed by atoms with Gasteiger partial charge in [-0.2, -0.15) is 0 Å². The van der Waals surface area contributed by atoms with Crippen molar-refractivity contribution in [2.75, 3.05) is 39.4 Å². The monoisotopic (exact) mass is 266 g/mol. The Morgan fingerprint density at radius 1 is 1.22 bits per heavy atom. The highest BCUT2D eigenvalue weighted by Gasteiger charge is 2.26. The predicted molar refractivity (Wildman–Crippen MR) is 65.7 cm³/mol. The van der Waals surface area contributed by atoms with E-state index in [9.17, 15) is 8.78 Å². The minimum Gasteiger partial charge on any atom is -0.396 e. The van der Waals surface area contributed by atoms with Crippen molar-refractivity contribution in [1.29, 1.82) is 0 Å². The molecular formula is C12H24F2N2O2. The van der Waals surface area contributed by atoms with Gasteiger partial charge < -0.3 is 15.5 Å². The van der Waals surface area contributed by atoms with Crippen LogP contribution in [0.25, 0.3) is 0 Å². The lowest BCUT2D eigenvalue weighted by molar-refractivity contribution is 0.0920. The highest BCUT2D eigenvalue weighted by molar-refractivity contribution is 4.83. The summed E-state index contributed by atoms with van der Waals surface area (Å²) in [4.78, 5) is 2.11. The summed E-state index contributed by atoms with van der Waals surface area (Å²) in [7, 11) is 0. The number of nitrogens with one attached hydrogen (secondary N) is 1. The van der Waals surface area contributed by atoms with Gasteiger partial charge >= 0.3 is 0 Å². The highest BCUT2D eigenvalue weighted by Crippen LogP contribution is 2.21. The minimum absolute atomic E-state index is 0.0583. The number of nitrogens with zero attached hydrogens (tertiary/aromatic N) is 1. The van der Waals surface area contributed by atoms with Crippen molar-refractivity contribution in [3.05, 3.63) is 0 Å². The van der Waals surface area contributed by atoms with E-state index >= 15 is 0 Å². The summed E-state index contributed by atoms with van der Waals surface area (Å²) in [5.41, 5.74) is 0. The van der Waals surface area contributed by atoms with Crippen molar-refractivity contribution in [3.63, 3.8) is 0 Å². The van der Waals surface area contributed by atoms with Crippen molar-refractivity contribution in [1.82, 2.24) is 10.2 Å². The quantitative estimate of drug-likeness (QED) is 0.591. The molecule has 1 saturated heterocycles. The summed E-state index contributed by atoms with van der Waals surface area (Å²) >= 11 is 0. The molecule has 0 bridgehead atoms. The van der Waals surface area contributed by atoms with Crippen LogP contribution in [0.5, 0.6) is 0 Å². The van der Waals surface area contributed by atoms with Gasteiger partial charge in [-0.25, -0.2) is 8.78 Å². The van der Waals surface area contributed by atoms with E-state index in [0.29, 0.717) is 19.0 Å². The smallest absolute Gasteiger partial charge is 0.250 e. The number of β-amino-alcohol motifs (C(OH)–C–C–N with tert-alkyl or cyclic N) is 1. The number of alkyl halides is 2. The Morgan fingerprint density at radius 2 is 2.00 bits per heavy atom. The molecule has 1 rings (SSSR count). The molecule has 0 aromatic carbocycles. The average Bonchev–Trinajstić information content (AvgIpc) is 2.34. The predicted octanol–water partition coefficient (Wildman–Crippen LogP) is 0.296. The van der Waals surface area contributed by atoms with Gasteiger partial charge in [0.25, 0.3) is 6.43 Å². The van der Waals surface area contributed by atoms with Crippen LogP contribution < -0.4 is 5.32 Å². The minimum atomic E-state index is -2.32. The van der Waals surface area contributed by atoms with Gasteiger partial charge in [0.05, 0.1) is 13.2 Å². The molecule has 1 aliphatic rings. The van der Waals surface area contributed by atoms with Gasteiger partial charge in [0.1, 0.15) is 0 Å². The van der Waals surface area contributed by atoms with E-state index in [-0.39, 0.29) is 25.8 Å². The molecule has 1 fully saturated rings. The van der Waals surface area contributed by atoms with Gasteiger partial charge in [0.2, 0.25) is 0 Å².